The molecule has 4 nitrogen and oxygen atoms in total. The number of benzene rings is 1. The van der Waals surface area contributed by atoms with E-state index in [4.69, 9.17) is 16.3 Å². The minimum Gasteiger partial charge on any atom is -0.505 e. The molecule has 5 heteroatoms. The highest BCUT2D eigenvalue weighted by molar-refractivity contribution is 6.30. The Labute approximate surface area is 121 Å². The van der Waals surface area contributed by atoms with Crippen LogP contribution in [-0.4, -0.2) is 23.0 Å². The molecular weight excluding hydrogens is 278 g/mol. The lowest BCUT2D eigenvalue weighted by molar-refractivity contribution is 0.104. The summed E-state index contributed by atoms with van der Waals surface area (Å²) in [5.74, 6) is -0.345. The maximum atomic E-state index is 12.1. The van der Waals surface area contributed by atoms with Crippen molar-refractivity contribution in [2.24, 2.45) is 0 Å². The van der Waals surface area contributed by atoms with Gasteiger partial charge in [-0.15, -0.1) is 0 Å². The molecule has 0 atom stereocenters. The van der Waals surface area contributed by atoms with E-state index in [1.54, 1.807) is 30.3 Å². The number of rotatable bonds is 4. The van der Waals surface area contributed by atoms with Crippen LogP contribution >= 0.6 is 11.6 Å². The number of methoxy groups -OCH3 is 1. The molecule has 0 spiro atoms. The summed E-state index contributed by atoms with van der Waals surface area (Å²) in [5, 5.41) is 10.3. The molecule has 1 heterocycles. The number of halogens is 1. The molecular formula is C15H12ClNO3. The largest absolute Gasteiger partial charge is 0.505 e. The second kappa shape index (κ2) is 6.21. The molecule has 1 N–H and O–H groups in total. The van der Waals surface area contributed by atoms with Crippen molar-refractivity contribution in [3.63, 3.8) is 0 Å². The molecule has 0 fully saturated rings. The van der Waals surface area contributed by atoms with E-state index < -0.39 is 0 Å². The van der Waals surface area contributed by atoms with Crippen molar-refractivity contribution in [1.29, 1.82) is 0 Å². The molecule has 1 aromatic heterocycles. The molecule has 0 saturated heterocycles. The van der Waals surface area contributed by atoms with E-state index in [2.05, 4.69) is 4.98 Å². The van der Waals surface area contributed by atoms with Gasteiger partial charge in [0.15, 0.2) is 11.5 Å². The van der Waals surface area contributed by atoms with Crippen molar-refractivity contribution in [3.8, 4) is 11.5 Å². The Hall–Kier alpha value is -2.33. The Morgan fingerprint density at radius 1 is 1.30 bits per heavy atom. The molecule has 102 valence electrons. The zero-order valence-electron chi connectivity index (χ0n) is 10.7. The van der Waals surface area contributed by atoms with E-state index in [1.165, 1.54) is 25.6 Å². The number of ketones is 1. The van der Waals surface area contributed by atoms with Gasteiger partial charge in [0, 0.05) is 5.02 Å². The summed E-state index contributed by atoms with van der Waals surface area (Å²) in [6.45, 7) is 0. The lowest BCUT2D eigenvalue weighted by Gasteiger charge is -2.06. The Kier molecular flexibility index (Phi) is 4.38. The van der Waals surface area contributed by atoms with Crippen LogP contribution in [0.25, 0.3) is 6.08 Å². The minimum absolute atomic E-state index is 0.0905. The van der Waals surface area contributed by atoms with E-state index >= 15 is 0 Å². The summed E-state index contributed by atoms with van der Waals surface area (Å²) in [7, 11) is 1.41. The standard InChI is InChI=1S/C15H12ClNO3/c1-20-14-9-17-8-13(19)15(14)12(18)7-4-10-2-5-11(16)6-3-10/h2-9,19H,1H3. The molecule has 20 heavy (non-hydrogen) atoms. The van der Waals surface area contributed by atoms with Crippen molar-refractivity contribution in [2.45, 2.75) is 0 Å². The number of aromatic hydroxyl groups is 1. The first-order valence-corrected chi connectivity index (χ1v) is 6.18. The third-order valence-corrected chi connectivity index (χ3v) is 2.91. The summed E-state index contributed by atoms with van der Waals surface area (Å²) in [5.41, 5.74) is 0.919. The lowest BCUT2D eigenvalue weighted by atomic mass is 10.1. The number of hydrogen-bond acceptors (Lipinski definition) is 4. The van der Waals surface area contributed by atoms with Gasteiger partial charge in [0.2, 0.25) is 0 Å². The predicted molar refractivity (Wildman–Crippen MR) is 77.3 cm³/mol. The molecule has 0 aliphatic carbocycles. The van der Waals surface area contributed by atoms with Crippen LogP contribution in [0.4, 0.5) is 0 Å². The van der Waals surface area contributed by atoms with Gasteiger partial charge in [0.25, 0.3) is 0 Å². The minimum atomic E-state index is -0.364. The average molecular weight is 290 g/mol. The van der Waals surface area contributed by atoms with Crippen molar-refractivity contribution in [1.82, 2.24) is 4.98 Å². The number of nitrogens with zero attached hydrogens (tertiary/aromatic N) is 1. The SMILES string of the molecule is COc1cncc(O)c1C(=O)C=Cc1ccc(Cl)cc1. The Bertz CT molecular complexity index is 651. The van der Waals surface area contributed by atoms with Crippen LogP contribution in [-0.2, 0) is 0 Å². The Morgan fingerprint density at radius 3 is 2.65 bits per heavy atom. The molecule has 0 aliphatic heterocycles. The summed E-state index contributed by atoms with van der Waals surface area (Å²) in [6, 6.07) is 7.04. The third-order valence-electron chi connectivity index (χ3n) is 2.65. The number of carbonyl (C=O) groups excluding carboxylic acids is 1. The number of carbonyl (C=O) groups is 1. The van der Waals surface area contributed by atoms with Crippen LogP contribution in [0.2, 0.25) is 5.02 Å². The van der Waals surface area contributed by atoms with Crippen LogP contribution in [0.15, 0.2) is 42.7 Å². The van der Waals surface area contributed by atoms with E-state index in [1.807, 2.05) is 0 Å². The fourth-order valence-corrected chi connectivity index (χ4v) is 1.79. The van der Waals surface area contributed by atoms with Crippen molar-refractivity contribution < 1.29 is 14.6 Å². The first-order chi connectivity index (χ1) is 9.61. The van der Waals surface area contributed by atoms with Crippen LogP contribution in [0.5, 0.6) is 11.5 Å². The quantitative estimate of drug-likeness (QED) is 0.693. The normalized spacial score (nSPS) is 10.7. The van der Waals surface area contributed by atoms with Gasteiger partial charge in [-0.2, -0.15) is 0 Å². The smallest absolute Gasteiger partial charge is 0.193 e. The van der Waals surface area contributed by atoms with E-state index in [0.717, 1.165) is 5.56 Å². The fourth-order valence-electron chi connectivity index (χ4n) is 1.66. The van der Waals surface area contributed by atoms with Gasteiger partial charge < -0.3 is 9.84 Å². The lowest BCUT2D eigenvalue weighted by Crippen LogP contribution is -2.00. The summed E-state index contributed by atoms with van der Waals surface area (Å²) in [6.07, 6.45) is 5.58. The molecule has 0 radical (unpaired) electrons. The number of ether oxygens (including phenoxy) is 1. The monoisotopic (exact) mass is 289 g/mol. The molecule has 0 bridgehead atoms. The van der Waals surface area contributed by atoms with Crippen LogP contribution in [0, 0.1) is 0 Å². The van der Waals surface area contributed by atoms with Gasteiger partial charge in [0.1, 0.15) is 11.3 Å². The first kappa shape index (κ1) is 14.1. The van der Waals surface area contributed by atoms with Crippen molar-refractivity contribution >= 4 is 23.5 Å². The summed E-state index contributed by atoms with van der Waals surface area (Å²) >= 11 is 5.78. The van der Waals surface area contributed by atoms with Crippen LogP contribution in [0.1, 0.15) is 15.9 Å². The second-order valence-electron chi connectivity index (χ2n) is 3.99. The second-order valence-corrected chi connectivity index (χ2v) is 4.42. The van der Waals surface area contributed by atoms with E-state index in [-0.39, 0.29) is 22.8 Å². The fraction of sp³-hybridized carbons (Fsp3) is 0.0667. The Morgan fingerprint density at radius 2 is 2.00 bits per heavy atom. The Balaban J connectivity index is 2.26. The third kappa shape index (κ3) is 3.16. The predicted octanol–water partition coefficient (Wildman–Crippen LogP) is 3.35. The number of pyridine rings is 1. The zero-order chi connectivity index (χ0) is 14.5. The molecule has 0 unspecified atom stereocenters. The topological polar surface area (TPSA) is 59.4 Å². The van der Waals surface area contributed by atoms with Gasteiger partial charge >= 0.3 is 0 Å². The van der Waals surface area contributed by atoms with Gasteiger partial charge in [-0.1, -0.05) is 29.8 Å². The highest BCUT2D eigenvalue weighted by Crippen LogP contribution is 2.26. The zero-order valence-corrected chi connectivity index (χ0v) is 11.5. The van der Waals surface area contributed by atoms with Gasteiger partial charge in [-0.05, 0) is 23.8 Å². The van der Waals surface area contributed by atoms with Gasteiger partial charge in [-0.25, -0.2) is 0 Å². The molecule has 2 rings (SSSR count). The van der Waals surface area contributed by atoms with E-state index in [9.17, 15) is 9.90 Å². The van der Waals surface area contributed by atoms with Crippen LogP contribution in [0.3, 0.4) is 0 Å². The highest BCUT2D eigenvalue weighted by Gasteiger charge is 2.15. The maximum Gasteiger partial charge on any atom is 0.193 e. The van der Waals surface area contributed by atoms with Gasteiger partial charge in [0.05, 0.1) is 19.5 Å². The number of aromatic nitrogens is 1. The molecule has 0 amide bonds. The molecule has 2 aromatic rings. The average Bonchev–Trinajstić information content (AvgIpc) is 2.46. The molecule has 0 saturated carbocycles. The molecule has 1 aromatic carbocycles. The van der Waals surface area contributed by atoms with Gasteiger partial charge in [-0.3, -0.25) is 9.78 Å². The highest BCUT2D eigenvalue weighted by atomic mass is 35.5. The van der Waals surface area contributed by atoms with Crippen LogP contribution < -0.4 is 4.74 Å². The summed E-state index contributed by atoms with van der Waals surface area (Å²) < 4.78 is 5.02. The van der Waals surface area contributed by atoms with E-state index in [0.29, 0.717) is 5.02 Å². The molecule has 0 aliphatic rings. The first-order valence-electron chi connectivity index (χ1n) is 5.80. The van der Waals surface area contributed by atoms with Crippen molar-refractivity contribution in [2.75, 3.05) is 7.11 Å². The van der Waals surface area contributed by atoms with Crippen molar-refractivity contribution in [3.05, 3.63) is 58.9 Å². The number of hydrogen-bond donors (Lipinski definition) is 1. The number of allylic oxidation sites excluding steroid dienone is 1. The maximum absolute atomic E-state index is 12.1. The summed E-state index contributed by atoms with van der Waals surface area (Å²) in [4.78, 5) is 15.9.